The lowest BCUT2D eigenvalue weighted by Gasteiger charge is -2.36. The maximum Gasteiger partial charge on any atom is 0.264 e. The Morgan fingerprint density at radius 2 is 2.21 bits per heavy atom. The molecule has 1 saturated heterocycles. The van der Waals surface area contributed by atoms with Crippen molar-refractivity contribution in [3.8, 4) is 0 Å². The average molecular weight is 363 g/mol. The number of carbonyl (C=O) groups excluding carboxylic acids is 2. The third-order valence-electron chi connectivity index (χ3n) is 3.90. The maximum absolute atomic E-state index is 12.3. The van der Waals surface area contributed by atoms with Crippen LogP contribution in [0.15, 0.2) is 33.8 Å². The van der Waals surface area contributed by atoms with Crippen LogP contribution in [-0.2, 0) is 4.79 Å². The van der Waals surface area contributed by atoms with Gasteiger partial charge in [0, 0.05) is 19.3 Å². The van der Waals surface area contributed by atoms with Gasteiger partial charge in [-0.25, -0.2) is 4.99 Å². The lowest BCUT2D eigenvalue weighted by molar-refractivity contribution is -0.118. The number of halogens is 1. The molecule has 4 rings (SSSR count). The van der Waals surface area contributed by atoms with E-state index < -0.39 is 5.92 Å². The van der Waals surface area contributed by atoms with Crippen LogP contribution in [0.25, 0.3) is 0 Å². The van der Waals surface area contributed by atoms with Crippen LogP contribution in [0.5, 0.6) is 0 Å². The van der Waals surface area contributed by atoms with E-state index in [-0.39, 0.29) is 17.7 Å². The highest BCUT2D eigenvalue weighted by Gasteiger charge is 2.37. The monoisotopic (exact) mass is 362 g/mol. The molecule has 0 radical (unpaired) electrons. The number of hydrogen-bond donors (Lipinski definition) is 0. The molecule has 0 aromatic carbocycles. The van der Waals surface area contributed by atoms with E-state index >= 15 is 0 Å². The zero-order valence-electron chi connectivity index (χ0n) is 12.3. The predicted octanol–water partition coefficient (Wildman–Crippen LogP) is 2.27. The Balaban J connectivity index is 1.41. The summed E-state index contributed by atoms with van der Waals surface area (Å²) in [6, 6.07) is 3.42. The number of nitrogens with zero attached hydrogens (tertiary/aromatic N) is 4. The van der Waals surface area contributed by atoms with Gasteiger partial charge >= 0.3 is 0 Å². The van der Waals surface area contributed by atoms with Crippen molar-refractivity contribution in [2.75, 3.05) is 13.1 Å². The van der Waals surface area contributed by atoms with Gasteiger partial charge in [0.2, 0.25) is 5.89 Å². The van der Waals surface area contributed by atoms with E-state index in [1.807, 2.05) is 0 Å². The fourth-order valence-electron chi connectivity index (χ4n) is 2.56. The van der Waals surface area contributed by atoms with Crippen molar-refractivity contribution in [2.45, 2.75) is 11.8 Å². The minimum atomic E-state index is -0.599. The third-order valence-corrected chi connectivity index (χ3v) is 5.11. The van der Waals surface area contributed by atoms with E-state index in [1.165, 1.54) is 17.6 Å². The van der Waals surface area contributed by atoms with Crippen LogP contribution in [0.2, 0.25) is 4.34 Å². The van der Waals surface area contributed by atoms with Crippen molar-refractivity contribution in [1.29, 1.82) is 0 Å². The van der Waals surface area contributed by atoms with Crippen molar-refractivity contribution < 1.29 is 14.1 Å². The van der Waals surface area contributed by atoms with Crippen molar-refractivity contribution in [1.82, 2.24) is 15.0 Å². The van der Waals surface area contributed by atoms with E-state index in [0.717, 1.165) is 0 Å². The summed E-state index contributed by atoms with van der Waals surface area (Å²) >= 11 is 7.11. The largest absolute Gasteiger partial charge is 0.339 e. The second-order valence-electron chi connectivity index (χ2n) is 5.48. The normalized spacial score (nSPS) is 20.5. The lowest BCUT2D eigenvalue weighted by atomic mass is 9.99. The van der Waals surface area contributed by atoms with Crippen LogP contribution < -0.4 is 0 Å². The van der Waals surface area contributed by atoms with E-state index in [1.54, 1.807) is 29.2 Å². The van der Waals surface area contributed by atoms with Crippen LogP contribution >= 0.6 is 22.9 Å². The Hall–Kier alpha value is -2.32. The Labute approximate surface area is 145 Å². The van der Waals surface area contributed by atoms with Gasteiger partial charge in [-0.1, -0.05) is 22.8 Å². The van der Waals surface area contributed by atoms with E-state index in [0.29, 0.717) is 34.0 Å². The van der Waals surface area contributed by atoms with E-state index in [4.69, 9.17) is 16.1 Å². The SMILES string of the molecule is O=C1N=CC=CC1c1noc(C2CN(C(=O)c3ccc(Cl)s3)C2)n1. The summed E-state index contributed by atoms with van der Waals surface area (Å²) in [5.74, 6) is -0.241. The second kappa shape index (κ2) is 5.95. The number of amides is 2. The van der Waals surface area contributed by atoms with Gasteiger partial charge < -0.3 is 9.42 Å². The number of thiophene rings is 1. The standard InChI is InChI=1S/C15H11ClN4O3S/c16-11-4-3-10(24-11)15(22)20-6-8(7-20)14-18-12(19-23-14)9-2-1-5-17-13(9)21/h1-5,8-9H,6-7H2. The summed E-state index contributed by atoms with van der Waals surface area (Å²) in [5, 5.41) is 3.87. The van der Waals surface area contributed by atoms with Crippen LogP contribution in [0.4, 0.5) is 0 Å². The first-order chi connectivity index (χ1) is 11.6. The molecule has 1 fully saturated rings. The third kappa shape index (κ3) is 2.67. The molecule has 1 atom stereocenters. The molecule has 4 heterocycles. The van der Waals surface area contributed by atoms with E-state index in [2.05, 4.69) is 15.1 Å². The van der Waals surface area contributed by atoms with Gasteiger partial charge in [0.1, 0.15) is 5.92 Å². The van der Waals surface area contributed by atoms with Crippen molar-refractivity contribution in [3.05, 3.63) is 45.2 Å². The molecule has 0 aliphatic carbocycles. The van der Waals surface area contributed by atoms with E-state index in [9.17, 15) is 9.59 Å². The lowest BCUT2D eigenvalue weighted by Crippen LogP contribution is -2.48. The summed E-state index contributed by atoms with van der Waals surface area (Å²) in [7, 11) is 0. The van der Waals surface area contributed by atoms with Crippen molar-refractivity contribution >= 4 is 41.0 Å². The van der Waals surface area contributed by atoms with Crippen molar-refractivity contribution in [3.63, 3.8) is 0 Å². The first-order valence-corrected chi connectivity index (χ1v) is 8.44. The molecule has 2 aliphatic heterocycles. The topological polar surface area (TPSA) is 88.7 Å². The summed E-state index contributed by atoms with van der Waals surface area (Å²) < 4.78 is 5.84. The molecular formula is C15H11ClN4O3S. The molecule has 2 aromatic heterocycles. The second-order valence-corrected chi connectivity index (χ2v) is 7.20. The maximum atomic E-state index is 12.3. The van der Waals surface area contributed by atoms with Crippen LogP contribution in [0, 0.1) is 0 Å². The molecule has 2 aliphatic rings. The average Bonchev–Trinajstić information content (AvgIpc) is 3.15. The molecule has 0 spiro atoms. The molecule has 0 N–H and O–H groups in total. The summed E-state index contributed by atoms with van der Waals surface area (Å²) in [4.78, 5) is 34.3. The van der Waals surface area contributed by atoms with Gasteiger partial charge in [-0.05, 0) is 18.2 Å². The Morgan fingerprint density at radius 3 is 2.92 bits per heavy atom. The summed E-state index contributed by atoms with van der Waals surface area (Å²) in [5.41, 5.74) is 0. The molecule has 9 heteroatoms. The zero-order valence-corrected chi connectivity index (χ0v) is 13.8. The predicted molar refractivity (Wildman–Crippen MR) is 87.7 cm³/mol. The number of likely N-dealkylation sites (tertiary alicyclic amines) is 1. The number of aliphatic imine (C=N–C) groups is 1. The fourth-order valence-corrected chi connectivity index (χ4v) is 3.57. The number of dihydropyridines is 1. The summed E-state index contributed by atoms with van der Waals surface area (Å²) in [6.07, 6.45) is 4.80. The number of carbonyl (C=O) groups is 2. The molecule has 2 amide bonds. The minimum absolute atomic E-state index is 0.0168. The van der Waals surface area contributed by atoms with Crippen LogP contribution in [-0.4, -0.2) is 46.2 Å². The van der Waals surface area contributed by atoms with Gasteiger partial charge in [0.25, 0.3) is 11.8 Å². The van der Waals surface area contributed by atoms with Crippen molar-refractivity contribution in [2.24, 2.45) is 4.99 Å². The Kier molecular flexibility index (Phi) is 3.78. The number of hydrogen-bond acceptors (Lipinski definition) is 6. The summed E-state index contributed by atoms with van der Waals surface area (Å²) in [6.45, 7) is 1.01. The van der Waals surface area contributed by atoms with Gasteiger partial charge in [-0.15, -0.1) is 11.3 Å². The van der Waals surface area contributed by atoms with Gasteiger partial charge in [0.15, 0.2) is 5.82 Å². The van der Waals surface area contributed by atoms with Crippen LogP contribution in [0.3, 0.4) is 0 Å². The number of aromatic nitrogens is 2. The Morgan fingerprint density at radius 1 is 1.38 bits per heavy atom. The highest BCUT2D eigenvalue weighted by atomic mass is 35.5. The highest BCUT2D eigenvalue weighted by molar-refractivity contribution is 7.17. The minimum Gasteiger partial charge on any atom is -0.339 e. The molecule has 2 aromatic rings. The molecule has 0 bridgehead atoms. The van der Waals surface area contributed by atoms with Gasteiger partial charge in [-0.3, -0.25) is 9.59 Å². The molecular weight excluding hydrogens is 352 g/mol. The van der Waals surface area contributed by atoms with Crippen LogP contribution in [0.1, 0.15) is 33.2 Å². The zero-order chi connectivity index (χ0) is 16.7. The quantitative estimate of drug-likeness (QED) is 0.835. The highest BCUT2D eigenvalue weighted by Crippen LogP contribution is 2.31. The van der Waals surface area contributed by atoms with Gasteiger partial charge in [-0.2, -0.15) is 4.98 Å². The molecule has 0 saturated carbocycles. The molecule has 1 unspecified atom stereocenters. The molecule has 24 heavy (non-hydrogen) atoms. The first kappa shape index (κ1) is 15.2. The molecule has 122 valence electrons. The Bertz CT molecular complexity index is 866. The smallest absolute Gasteiger partial charge is 0.264 e. The number of rotatable bonds is 3. The first-order valence-electron chi connectivity index (χ1n) is 7.24. The fraction of sp³-hybridized carbons (Fsp3) is 0.267. The van der Waals surface area contributed by atoms with Gasteiger partial charge in [0.05, 0.1) is 15.1 Å². The molecule has 7 nitrogen and oxygen atoms in total. The number of allylic oxidation sites excluding steroid dienone is 1.